The first-order valence-corrected chi connectivity index (χ1v) is 6.88. The molecule has 0 radical (unpaired) electrons. The van der Waals surface area contributed by atoms with Crippen LogP contribution in [0.5, 0.6) is 11.5 Å². The summed E-state index contributed by atoms with van der Waals surface area (Å²) < 4.78 is 12.6. The third kappa shape index (κ3) is 3.73. The van der Waals surface area contributed by atoms with Crippen LogP contribution in [0, 0.1) is 0 Å². The van der Waals surface area contributed by atoms with Crippen LogP contribution in [0.2, 0.25) is 0 Å². The molecule has 0 N–H and O–H groups in total. The molecule has 0 unspecified atom stereocenters. The highest BCUT2D eigenvalue weighted by molar-refractivity contribution is 5.42. The van der Waals surface area contributed by atoms with E-state index in [2.05, 4.69) is 41.2 Å². The number of hydrogen-bond acceptors (Lipinski definition) is 2. The molecule has 0 saturated carbocycles. The topological polar surface area (TPSA) is 22.3 Å². The Morgan fingerprint density at radius 3 is 2.15 bits per heavy atom. The van der Waals surface area contributed by atoms with E-state index >= 15 is 0 Å². The average Bonchev–Trinajstić information content (AvgIpc) is 2.49. The molecule has 0 aliphatic carbocycles. The molecule has 2 aromatic rings. The van der Waals surface area contributed by atoms with Crippen molar-refractivity contribution in [1.82, 2.24) is 0 Å². The minimum absolute atomic E-state index is 0.784. The van der Waals surface area contributed by atoms with Crippen molar-refractivity contribution in [2.75, 3.05) is 14.2 Å². The molecule has 106 valence electrons. The van der Waals surface area contributed by atoms with Gasteiger partial charge in [-0.15, -0.1) is 0 Å². The minimum atomic E-state index is 0.784. The van der Waals surface area contributed by atoms with Crippen LogP contribution in [-0.4, -0.2) is 14.2 Å². The van der Waals surface area contributed by atoms with Gasteiger partial charge in [-0.2, -0.15) is 0 Å². The molecular weight excluding hydrogens is 250 g/mol. The molecule has 1 aromatic heterocycles. The van der Waals surface area contributed by atoms with Gasteiger partial charge < -0.3 is 9.47 Å². The molecule has 0 atom stereocenters. The number of aromatic nitrogens is 1. The lowest BCUT2D eigenvalue weighted by Crippen LogP contribution is -2.25. The van der Waals surface area contributed by atoms with Gasteiger partial charge in [0.25, 0.3) is 0 Å². The van der Waals surface area contributed by atoms with E-state index < -0.39 is 0 Å². The predicted octanol–water partition coefficient (Wildman–Crippen LogP) is 2.70. The predicted molar refractivity (Wildman–Crippen MR) is 79.2 cm³/mol. The summed E-state index contributed by atoms with van der Waals surface area (Å²) in [6.45, 7) is 0. The van der Waals surface area contributed by atoms with Gasteiger partial charge in [-0.3, -0.25) is 0 Å². The Bertz CT molecular complexity index is 549. The van der Waals surface area contributed by atoms with Crippen LogP contribution in [0.4, 0.5) is 0 Å². The Balaban J connectivity index is 1.92. The van der Waals surface area contributed by atoms with E-state index in [0.717, 1.165) is 30.8 Å². The first-order valence-electron chi connectivity index (χ1n) is 6.88. The molecule has 1 heterocycles. The second-order valence-electron chi connectivity index (χ2n) is 4.91. The Morgan fingerprint density at radius 1 is 0.850 bits per heavy atom. The van der Waals surface area contributed by atoms with E-state index in [1.54, 1.807) is 14.2 Å². The lowest BCUT2D eigenvalue weighted by molar-refractivity contribution is -0.671. The molecule has 0 saturated heterocycles. The number of benzene rings is 1. The summed E-state index contributed by atoms with van der Waals surface area (Å²) in [4.78, 5) is 0. The Kier molecular flexibility index (Phi) is 4.99. The van der Waals surface area contributed by atoms with Crippen molar-refractivity contribution in [2.45, 2.75) is 19.3 Å². The van der Waals surface area contributed by atoms with Gasteiger partial charge in [-0.05, 0) is 42.5 Å². The number of hydrogen-bond donors (Lipinski definition) is 0. The zero-order valence-electron chi connectivity index (χ0n) is 12.4. The fraction of sp³-hybridized carbons (Fsp3) is 0.353. The van der Waals surface area contributed by atoms with E-state index in [-0.39, 0.29) is 0 Å². The highest BCUT2D eigenvalue weighted by Gasteiger charge is 2.04. The van der Waals surface area contributed by atoms with Gasteiger partial charge in [0.2, 0.25) is 0 Å². The smallest absolute Gasteiger partial charge is 0.168 e. The van der Waals surface area contributed by atoms with Crippen molar-refractivity contribution in [3.8, 4) is 11.5 Å². The summed E-state index contributed by atoms with van der Waals surface area (Å²) in [7, 11) is 5.37. The molecular formula is C17H22NO2+. The summed E-state index contributed by atoms with van der Waals surface area (Å²) in [6, 6.07) is 10.5. The maximum Gasteiger partial charge on any atom is 0.168 e. The van der Waals surface area contributed by atoms with Crippen molar-refractivity contribution < 1.29 is 14.0 Å². The molecule has 0 fully saturated rings. The van der Waals surface area contributed by atoms with E-state index in [1.807, 2.05) is 13.1 Å². The zero-order valence-corrected chi connectivity index (χ0v) is 12.4. The van der Waals surface area contributed by atoms with Crippen molar-refractivity contribution in [1.29, 1.82) is 0 Å². The second-order valence-corrected chi connectivity index (χ2v) is 4.91. The normalized spacial score (nSPS) is 10.3. The summed E-state index contributed by atoms with van der Waals surface area (Å²) in [5, 5.41) is 0. The van der Waals surface area contributed by atoms with Gasteiger partial charge in [0.05, 0.1) is 14.2 Å². The average molecular weight is 272 g/mol. The van der Waals surface area contributed by atoms with Crippen LogP contribution in [0.3, 0.4) is 0 Å². The van der Waals surface area contributed by atoms with Crippen molar-refractivity contribution in [3.63, 3.8) is 0 Å². The van der Waals surface area contributed by atoms with Gasteiger partial charge in [-0.1, -0.05) is 6.07 Å². The lowest BCUT2D eigenvalue weighted by Gasteiger charge is -2.09. The summed E-state index contributed by atoms with van der Waals surface area (Å²) in [5.41, 5.74) is 2.66. The molecule has 0 amide bonds. The van der Waals surface area contributed by atoms with Gasteiger partial charge in [0.1, 0.15) is 7.05 Å². The van der Waals surface area contributed by atoms with Crippen LogP contribution < -0.4 is 14.0 Å². The SMILES string of the molecule is COc1ccc(CCCc2cc[n+](C)cc2)cc1OC. The number of nitrogens with zero attached hydrogens (tertiary/aromatic N) is 1. The molecule has 0 bridgehead atoms. The Hall–Kier alpha value is -2.03. The van der Waals surface area contributed by atoms with E-state index in [4.69, 9.17) is 9.47 Å². The van der Waals surface area contributed by atoms with Crippen LogP contribution in [0.1, 0.15) is 17.5 Å². The summed E-state index contributed by atoms with van der Waals surface area (Å²) in [6.07, 6.45) is 7.44. The lowest BCUT2D eigenvalue weighted by atomic mass is 10.0. The molecule has 20 heavy (non-hydrogen) atoms. The molecule has 1 aromatic carbocycles. The van der Waals surface area contributed by atoms with E-state index in [1.165, 1.54) is 11.1 Å². The summed E-state index contributed by atoms with van der Waals surface area (Å²) >= 11 is 0. The summed E-state index contributed by atoms with van der Waals surface area (Å²) in [5.74, 6) is 1.59. The van der Waals surface area contributed by atoms with E-state index in [0.29, 0.717) is 0 Å². The van der Waals surface area contributed by atoms with Gasteiger partial charge in [0, 0.05) is 12.1 Å². The maximum absolute atomic E-state index is 5.33. The van der Waals surface area contributed by atoms with E-state index in [9.17, 15) is 0 Å². The fourth-order valence-corrected chi connectivity index (χ4v) is 2.23. The number of aryl methyl sites for hydroxylation is 3. The standard InChI is InChI=1S/C17H22NO2/c1-18-11-9-14(10-12-18)5-4-6-15-7-8-16(19-2)17(13-15)20-3/h7-13H,4-6H2,1-3H3/q+1. The van der Waals surface area contributed by atoms with Crippen LogP contribution in [-0.2, 0) is 19.9 Å². The van der Waals surface area contributed by atoms with Crippen LogP contribution >= 0.6 is 0 Å². The number of methoxy groups -OCH3 is 2. The molecule has 0 aliphatic heterocycles. The first-order chi connectivity index (χ1) is 9.72. The van der Waals surface area contributed by atoms with Crippen molar-refractivity contribution in [2.24, 2.45) is 7.05 Å². The van der Waals surface area contributed by atoms with Crippen LogP contribution in [0.25, 0.3) is 0 Å². The molecule has 0 aliphatic rings. The Morgan fingerprint density at radius 2 is 1.50 bits per heavy atom. The fourth-order valence-electron chi connectivity index (χ4n) is 2.23. The third-order valence-electron chi connectivity index (χ3n) is 3.43. The molecule has 3 heteroatoms. The number of pyridine rings is 1. The zero-order chi connectivity index (χ0) is 14.4. The second kappa shape index (κ2) is 6.94. The Labute approximate surface area is 120 Å². The first kappa shape index (κ1) is 14.4. The largest absolute Gasteiger partial charge is 0.493 e. The van der Waals surface area contributed by atoms with Crippen molar-refractivity contribution in [3.05, 3.63) is 53.9 Å². The van der Waals surface area contributed by atoms with Crippen molar-refractivity contribution >= 4 is 0 Å². The van der Waals surface area contributed by atoms with Gasteiger partial charge in [-0.25, -0.2) is 4.57 Å². The molecule has 3 nitrogen and oxygen atoms in total. The minimum Gasteiger partial charge on any atom is -0.493 e. The number of ether oxygens (including phenoxy) is 2. The monoisotopic (exact) mass is 272 g/mol. The highest BCUT2D eigenvalue weighted by atomic mass is 16.5. The maximum atomic E-state index is 5.33. The number of rotatable bonds is 6. The third-order valence-corrected chi connectivity index (χ3v) is 3.43. The molecule has 2 rings (SSSR count). The molecule has 0 spiro atoms. The highest BCUT2D eigenvalue weighted by Crippen LogP contribution is 2.28. The van der Waals surface area contributed by atoms with Gasteiger partial charge in [0.15, 0.2) is 23.9 Å². The van der Waals surface area contributed by atoms with Crippen LogP contribution in [0.15, 0.2) is 42.7 Å². The quantitative estimate of drug-likeness (QED) is 0.754. The van der Waals surface area contributed by atoms with Gasteiger partial charge >= 0.3 is 0 Å².